The van der Waals surface area contributed by atoms with Crippen LogP contribution in [-0.2, 0) is 16.0 Å². The number of benzene rings is 1. The van der Waals surface area contributed by atoms with Crippen LogP contribution in [0.2, 0.25) is 0 Å². The molecule has 0 unspecified atom stereocenters. The first kappa shape index (κ1) is 23.8. The van der Waals surface area contributed by atoms with Gasteiger partial charge in [0.15, 0.2) is 0 Å². The van der Waals surface area contributed by atoms with E-state index in [1.54, 1.807) is 11.3 Å². The lowest BCUT2D eigenvalue weighted by Gasteiger charge is -2.37. The number of thiophene rings is 1. The van der Waals surface area contributed by atoms with Gasteiger partial charge in [-0.1, -0.05) is 18.1 Å². The second-order valence-electron chi connectivity index (χ2n) is 8.81. The standard InChI is InChI=1S/C26H32N2O4S/c1-3-12-31-17-21(29)15-27(20-7-8-20)16-26(30)28-11-9-25-23(10-13-33-25)24(28)18-32-22-6-4-5-19(2)14-22/h1,4-6,10,13-14,20-21,24,29H,7-9,11-12,15-18H2,2H3/t21-,24-/m0/s1. The lowest BCUT2D eigenvalue weighted by molar-refractivity contribution is -0.136. The van der Waals surface area contributed by atoms with Crippen molar-refractivity contribution in [1.82, 2.24) is 9.80 Å². The Morgan fingerprint density at radius 1 is 1.39 bits per heavy atom. The maximum Gasteiger partial charge on any atom is 0.237 e. The summed E-state index contributed by atoms with van der Waals surface area (Å²) in [5, 5.41) is 12.5. The van der Waals surface area contributed by atoms with Crippen LogP contribution in [0.1, 0.15) is 34.9 Å². The van der Waals surface area contributed by atoms with E-state index in [1.165, 1.54) is 10.4 Å². The van der Waals surface area contributed by atoms with Gasteiger partial charge in [0.05, 0.1) is 25.3 Å². The van der Waals surface area contributed by atoms with E-state index in [0.717, 1.165) is 30.6 Å². The highest BCUT2D eigenvalue weighted by atomic mass is 32.1. The zero-order valence-electron chi connectivity index (χ0n) is 19.1. The van der Waals surface area contributed by atoms with Gasteiger partial charge >= 0.3 is 0 Å². The summed E-state index contributed by atoms with van der Waals surface area (Å²) >= 11 is 1.75. The van der Waals surface area contributed by atoms with E-state index < -0.39 is 6.10 Å². The minimum Gasteiger partial charge on any atom is -0.491 e. The summed E-state index contributed by atoms with van der Waals surface area (Å²) in [7, 11) is 0. The van der Waals surface area contributed by atoms with Crippen LogP contribution in [0.3, 0.4) is 0 Å². The molecule has 176 valence electrons. The molecule has 7 heteroatoms. The van der Waals surface area contributed by atoms with E-state index >= 15 is 0 Å². The van der Waals surface area contributed by atoms with Gasteiger partial charge in [0.1, 0.15) is 19.0 Å². The van der Waals surface area contributed by atoms with Crippen LogP contribution in [0.4, 0.5) is 0 Å². The fourth-order valence-corrected chi connectivity index (χ4v) is 5.31. The molecule has 2 heterocycles. The van der Waals surface area contributed by atoms with Crippen LogP contribution >= 0.6 is 11.3 Å². The topological polar surface area (TPSA) is 62.2 Å². The van der Waals surface area contributed by atoms with Crippen molar-refractivity contribution in [2.75, 3.05) is 39.5 Å². The number of amides is 1. The van der Waals surface area contributed by atoms with Crippen molar-refractivity contribution in [1.29, 1.82) is 0 Å². The smallest absolute Gasteiger partial charge is 0.237 e. The van der Waals surface area contributed by atoms with Gasteiger partial charge in [-0.15, -0.1) is 17.8 Å². The van der Waals surface area contributed by atoms with Crippen molar-refractivity contribution in [3.05, 3.63) is 51.7 Å². The Morgan fingerprint density at radius 3 is 3.00 bits per heavy atom. The summed E-state index contributed by atoms with van der Waals surface area (Å²) in [6.45, 7) is 4.19. The largest absolute Gasteiger partial charge is 0.491 e. The third-order valence-electron chi connectivity index (χ3n) is 6.16. The summed E-state index contributed by atoms with van der Waals surface area (Å²) in [4.78, 5) is 18.9. The minimum atomic E-state index is -0.669. The number of rotatable bonds is 11. The van der Waals surface area contributed by atoms with Gasteiger partial charge in [0, 0.05) is 24.0 Å². The zero-order chi connectivity index (χ0) is 23.2. The average molecular weight is 469 g/mol. The third-order valence-corrected chi connectivity index (χ3v) is 7.15. The Labute approximate surface area is 200 Å². The minimum absolute atomic E-state index is 0.0772. The molecule has 33 heavy (non-hydrogen) atoms. The van der Waals surface area contributed by atoms with Crippen molar-refractivity contribution < 1.29 is 19.4 Å². The van der Waals surface area contributed by atoms with Gasteiger partial charge < -0.3 is 19.5 Å². The van der Waals surface area contributed by atoms with Crippen LogP contribution in [0.5, 0.6) is 5.75 Å². The summed E-state index contributed by atoms with van der Waals surface area (Å²) in [6, 6.07) is 10.3. The van der Waals surface area contributed by atoms with E-state index in [9.17, 15) is 9.90 Å². The van der Waals surface area contributed by atoms with Crippen LogP contribution in [-0.4, -0.2) is 72.4 Å². The second kappa shape index (κ2) is 11.2. The number of ether oxygens (including phenoxy) is 2. The number of carbonyl (C=O) groups is 1. The summed E-state index contributed by atoms with van der Waals surface area (Å²) < 4.78 is 11.4. The van der Waals surface area contributed by atoms with Crippen molar-refractivity contribution >= 4 is 17.2 Å². The molecule has 2 aliphatic rings. The van der Waals surface area contributed by atoms with Crippen LogP contribution in [0, 0.1) is 19.3 Å². The third kappa shape index (κ3) is 6.36. The normalized spacial score (nSPS) is 18.6. The van der Waals surface area contributed by atoms with Crippen LogP contribution in [0.15, 0.2) is 35.7 Å². The molecule has 1 aromatic carbocycles. The predicted octanol–water partition coefficient (Wildman–Crippen LogP) is 3.04. The number of aliphatic hydroxyl groups excluding tert-OH is 1. The Morgan fingerprint density at radius 2 is 2.24 bits per heavy atom. The number of aryl methyl sites for hydroxylation is 1. The summed E-state index contributed by atoms with van der Waals surface area (Å²) in [6.07, 6.45) is 7.51. The number of carbonyl (C=O) groups excluding carboxylic acids is 1. The molecule has 1 aromatic heterocycles. The fraction of sp³-hybridized carbons (Fsp3) is 0.500. The van der Waals surface area contributed by atoms with E-state index in [4.69, 9.17) is 15.9 Å². The molecule has 1 fully saturated rings. The molecule has 1 aliphatic heterocycles. The maximum atomic E-state index is 13.5. The Kier molecular flexibility index (Phi) is 8.05. The van der Waals surface area contributed by atoms with Gasteiger partial charge in [-0.2, -0.15) is 0 Å². The highest BCUT2D eigenvalue weighted by molar-refractivity contribution is 7.10. The number of nitrogens with zero attached hydrogens (tertiary/aromatic N) is 2. The molecule has 1 aliphatic carbocycles. The number of terminal acetylenes is 1. The Balaban J connectivity index is 1.42. The molecular weight excluding hydrogens is 436 g/mol. The average Bonchev–Trinajstić information content (AvgIpc) is 3.54. The lowest BCUT2D eigenvalue weighted by atomic mass is 10.0. The molecule has 1 N–H and O–H groups in total. The quantitative estimate of drug-likeness (QED) is 0.406. The predicted molar refractivity (Wildman–Crippen MR) is 129 cm³/mol. The Hall–Kier alpha value is -2.37. The summed E-state index contributed by atoms with van der Waals surface area (Å²) in [5.41, 5.74) is 2.33. The van der Waals surface area contributed by atoms with Gasteiger partial charge in [0.25, 0.3) is 0 Å². The van der Waals surface area contributed by atoms with Gasteiger partial charge in [-0.25, -0.2) is 0 Å². The second-order valence-corrected chi connectivity index (χ2v) is 9.81. The molecule has 1 saturated carbocycles. The van der Waals surface area contributed by atoms with Gasteiger partial charge in [-0.3, -0.25) is 9.69 Å². The van der Waals surface area contributed by atoms with Crippen molar-refractivity contribution in [2.45, 2.75) is 44.4 Å². The molecule has 1 amide bonds. The number of aliphatic hydroxyl groups is 1. The lowest BCUT2D eigenvalue weighted by Crippen LogP contribution is -2.48. The van der Waals surface area contributed by atoms with Crippen molar-refractivity contribution in [3.63, 3.8) is 0 Å². The highest BCUT2D eigenvalue weighted by Crippen LogP contribution is 2.35. The number of hydrogen-bond acceptors (Lipinski definition) is 6. The molecule has 6 nitrogen and oxygen atoms in total. The molecule has 2 atom stereocenters. The number of hydrogen-bond donors (Lipinski definition) is 1. The molecular formula is C26H32N2O4S. The first-order valence-corrected chi connectivity index (χ1v) is 12.4. The SMILES string of the molecule is C#CCOC[C@@H](O)CN(CC(=O)N1CCc2sccc2[C@@H]1COc1cccc(C)c1)C1CC1. The monoisotopic (exact) mass is 468 g/mol. The van der Waals surface area contributed by atoms with Gasteiger partial charge in [-0.05, 0) is 60.9 Å². The van der Waals surface area contributed by atoms with Crippen LogP contribution in [0.25, 0.3) is 0 Å². The summed E-state index contributed by atoms with van der Waals surface area (Å²) in [5.74, 6) is 3.30. The first-order valence-electron chi connectivity index (χ1n) is 11.5. The molecule has 0 radical (unpaired) electrons. The molecule has 0 spiro atoms. The van der Waals surface area contributed by atoms with Gasteiger partial charge in [0.2, 0.25) is 5.91 Å². The van der Waals surface area contributed by atoms with Crippen molar-refractivity contribution in [2.24, 2.45) is 0 Å². The zero-order valence-corrected chi connectivity index (χ0v) is 19.9. The molecule has 2 aromatic rings. The highest BCUT2D eigenvalue weighted by Gasteiger charge is 2.36. The number of fused-ring (bicyclic) bond motifs is 1. The molecule has 4 rings (SSSR count). The maximum absolute atomic E-state index is 13.5. The molecule has 0 saturated heterocycles. The fourth-order valence-electron chi connectivity index (χ4n) is 4.38. The molecule has 0 bridgehead atoms. The van der Waals surface area contributed by atoms with E-state index in [1.807, 2.05) is 36.1 Å². The van der Waals surface area contributed by atoms with E-state index in [2.05, 4.69) is 22.3 Å². The first-order chi connectivity index (χ1) is 16.0. The van der Waals surface area contributed by atoms with Crippen LogP contribution < -0.4 is 4.74 Å². The van der Waals surface area contributed by atoms with E-state index in [0.29, 0.717) is 25.7 Å². The van der Waals surface area contributed by atoms with Crippen molar-refractivity contribution in [3.8, 4) is 18.1 Å². The Bertz CT molecular complexity index is 981. The van der Waals surface area contributed by atoms with E-state index in [-0.39, 0.29) is 31.7 Å².